The van der Waals surface area contributed by atoms with Gasteiger partial charge in [-0.3, -0.25) is 4.79 Å². The summed E-state index contributed by atoms with van der Waals surface area (Å²) in [5.74, 6) is 1.25. The first kappa shape index (κ1) is 23.4. The van der Waals surface area contributed by atoms with Crippen LogP contribution in [0.2, 0.25) is 5.02 Å². The van der Waals surface area contributed by atoms with Gasteiger partial charge >= 0.3 is 0 Å². The molecule has 31 heavy (non-hydrogen) atoms. The summed E-state index contributed by atoms with van der Waals surface area (Å²) in [5.41, 5.74) is 2.30. The molecule has 0 aliphatic carbocycles. The summed E-state index contributed by atoms with van der Waals surface area (Å²) >= 11 is 7.53. The van der Waals surface area contributed by atoms with Gasteiger partial charge in [-0.25, -0.2) is 4.98 Å². The number of ether oxygens (including phenoxy) is 3. The van der Waals surface area contributed by atoms with Gasteiger partial charge < -0.3 is 23.9 Å². The number of halogens is 1. The largest absolute Gasteiger partial charge is 0.493 e. The molecule has 9 heteroatoms. The molecule has 1 N–H and O–H groups in total. The maximum absolute atomic E-state index is 11.5. The lowest BCUT2D eigenvalue weighted by molar-refractivity contribution is 0.101. The molecule has 3 aromatic rings. The highest BCUT2D eigenvalue weighted by atomic mass is 35.5. The number of aromatic nitrogens is 2. The molecule has 0 bridgehead atoms. The van der Waals surface area contributed by atoms with Crippen molar-refractivity contribution < 1.29 is 24.1 Å². The van der Waals surface area contributed by atoms with Crippen LogP contribution in [0.25, 0.3) is 11.0 Å². The predicted octanol–water partition coefficient (Wildman–Crippen LogP) is 4.08. The fourth-order valence-electron chi connectivity index (χ4n) is 3.00. The summed E-state index contributed by atoms with van der Waals surface area (Å²) in [4.78, 5) is 16.2. The molecule has 0 fully saturated rings. The number of benzene rings is 2. The van der Waals surface area contributed by atoms with Crippen molar-refractivity contribution in [2.24, 2.45) is 0 Å². The average molecular weight is 465 g/mol. The Balaban J connectivity index is 1.65. The number of fused-ring (bicyclic) bond motifs is 1. The van der Waals surface area contributed by atoms with Crippen LogP contribution in [0.5, 0.6) is 11.5 Å². The van der Waals surface area contributed by atoms with E-state index in [0.29, 0.717) is 41.0 Å². The highest BCUT2D eigenvalue weighted by molar-refractivity contribution is 7.99. The first-order valence-corrected chi connectivity index (χ1v) is 11.1. The first-order valence-electron chi connectivity index (χ1n) is 9.70. The summed E-state index contributed by atoms with van der Waals surface area (Å²) in [5, 5.41) is 11.8. The van der Waals surface area contributed by atoms with E-state index < -0.39 is 6.10 Å². The highest BCUT2D eigenvalue weighted by Crippen LogP contribution is 2.29. The Labute approximate surface area is 190 Å². The number of aliphatic hydroxyl groups excluding tert-OH is 1. The lowest BCUT2D eigenvalue weighted by atomic mass is 10.1. The second kappa shape index (κ2) is 10.9. The van der Waals surface area contributed by atoms with Gasteiger partial charge in [-0.15, -0.1) is 0 Å². The van der Waals surface area contributed by atoms with Crippen molar-refractivity contribution in [3.8, 4) is 11.5 Å². The van der Waals surface area contributed by atoms with E-state index >= 15 is 0 Å². The van der Waals surface area contributed by atoms with Crippen molar-refractivity contribution in [2.45, 2.75) is 24.7 Å². The van der Waals surface area contributed by atoms with Crippen molar-refractivity contribution in [3.63, 3.8) is 0 Å². The van der Waals surface area contributed by atoms with Crippen LogP contribution in [0.3, 0.4) is 0 Å². The number of carbonyl (C=O) groups excluding carboxylic acids is 1. The fraction of sp³-hybridized carbons (Fsp3) is 0.364. The number of rotatable bonds is 11. The maximum Gasteiger partial charge on any atom is 0.169 e. The molecule has 2 aromatic carbocycles. The second-order valence-electron chi connectivity index (χ2n) is 6.87. The van der Waals surface area contributed by atoms with Gasteiger partial charge in [-0.05, 0) is 43.3 Å². The lowest BCUT2D eigenvalue weighted by Gasteiger charge is -2.15. The average Bonchev–Trinajstić information content (AvgIpc) is 3.10. The molecule has 0 saturated heterocycles. The Morgan fingerprint density at radius 2 is 2.03 bits per heavy atom. The zero-order valence-corrected chi connectivity index (χ0v) is 19.2. The molecular weight excluding hydrogens is 440 g/mol. The molecular formula is C22H25ClN2O5S. The monoisotopic (exact) mass is 464 g/mol. The van der Waals surface area contributed by atoms with Gasteiger partial charge in [0.2, 0.25) is 0 Å². The quantitative estimate of drug-likeness (QED) is 0.338. The van der Waals surface area contributed by atoms with E-state index in [1.165, 1.54) is 25.8 Å². The van der Waals surface area contributed by atoms with Crippen molar-refractivity contribution in [1.82, 2.24) is 9.55 Å². The summed E-state index contributed by atoms with van der Waals surface area (Å²) in [7, 11) is 3.16. The van der Waals surface area contributed by atoms with Crippen LogP contribution in [0, 0.1) is 0 Å². The second-order valence-corrected chi connectivity index (χ2v) is 8.29. The number of carbonyl (C=O) groups is 1. The third kappa shape index (κ3) is 5.92. The molecule has 0 aliphatic rings. The number of ketones is 1. The SMILES string of the molecule is COCCn1c(SCC(O)COc2ccc(C(C)=O)cc2OC)nc2cc(Cl)ccc21. The Morgan fingerprint density at radius 1 is 1.23 bits per heavy atom. The van der Waals surface area contributed by atoms with Crippen LogP contribution in [0.15, 0.2) is 41.6 Å². The Hall–Kier alpha value is -2.26. The molecule has 0 radical (unpaired) electrons. The van der Waals surface area contributed by atoms with E-state index in [2.05, 4.69) is 9.55 Å². The molecule has 1 heterocycles. The van der Waals surface area contributed by atoms with E-state index in [1.807, 2.05) is 18.2 Å². The Kier molecular flexibility index (Phi) is 8.20. The molecule has 0 aliphatic heterocycles. The minimum Gasteiger partial charge on any atom is -0.493 e. The number of thioether (sulfide) groups is 1. The zero-order valence-electron chi connectivity index (χ0n) is 17.6. The van der Waals surface area contributed by atoms with E-state index in [-0.39, 0.29) is 12.4 Å². The third-order valence-corrected chi connectivity index (χ3v) is 5.96. The van der Waals surface area contributed by atoms with E-state index in [4.69, 9.17) is 25.8 Å². The molecule has 1 atom stereocenters. The first-order chi connectivity index (χ1) is 14.9. The van der Waals surface area contributed by atoms with Crippen molar-refractivity contribution in [3.05, 3.63) is 47.0 Å². The van der Waals surface area contributed by atoms with Crippen molar-refractivity contribution >= 4 is 40.2 Å². The molecule has 166 valence electrons. The minimum absolute atomic E-state index is 0.0565. The van der Waals surface area contributed by atoms with Crippen LogP contribution in [-0.4, -0.2) is 59.7 Å². The van der Waals surface area contributed by atoms with Gasteiger partial charge in [-0.2, -0.15) is 0 Å². The number of nitrogens with zero attached hydrogens (tertiary/aromatic N) is 2. The standard InChI is InChI=1S/C22H25ClN2O5S/c1-14(26)15-4-7-20(21(10-15)29-3)30-12-17(27)13-31-22-24-18-11-16(23)5-6-19(18)25(22)8-9-28-2/h4-7,10-11,17,27H,8-9,12-13H2,1-3H3. The van der Waals surface area contributed by atoms with Gasteiger partial charge in [0.05, 0.1) is 30.9 Å². The van der Waals surface area contributed by atoms with Gasteiger partial charge in [-0.1, -0.05) is 23.4 Å². The van der Waals surface area contributed by atoms with Gasteiger partial charge in [0.15, 0.2) is 22.4 Å². The highest BCUT2D eigenvalue weighted by Gasteiger charge is 2.15. The number of hydrogen-bond acceptors (Lipinski definition) is 7. The number of methoxy groups -OCH3 is 2. The number of aliphatic hydroxyl groups is 1. The van der Waals surface area contributed by atoms with Gasteiger partial charge in [0, 0.05) is 30.0 Å². The van der Waals surface area contributed by atoms with Crippen LogP contribution in [0.4, 0.5) is 0 Å². The summed E-state index contributed by atoms with van der Waals surface area (Å²) < 4.78 is 18.3. The topological polar surface area (TPSA) is 82.8 Å². The van der Waals surface area contributed by atoms with Crippen LogP contribution in [0.1, 0.15) is 17.3 Å². The lowest BCUT2D eigenvalue weighted by Crippen LogP contribution is -2.20. The van der Waals surface area contributed by atoms with Gasteiger partial charge in [0.1, 0.15) is 6.61 Å². The number of imidazole rings is 1. The summed E-state index contributed by atoms with van der Waals surface area (Å²) in [6.45, 7) is 2.75. The predicted molar refractivity (Wildman–Crippen MR) is 122 cm³/mol. The smallest absolute Gasteiger partial charge is 0.169 e. The van der Waals surface area contributed by atoms with E-state index in [1.54, 1.807) is 25.3 Å². The maximum atomic E-state index is 11.5. The number of Topliss-reactive ketones (excluding diaryl/α,β-unsaturated/α-hetero) is 1. The van der Waals surface area contributed by atoms with Crippen LogP contribution >= 0.6 is 23.4 Å². The van der Waals surface area contributed by atoms with Crippen LogP contribution < -0.4 is 9.47 Å². The van der Waals surface area contributed by atoms with Gasteiger partial charge in [0.25, 0.3) is 0 Å². The van der Waals surface area contributed by atoms with Crippen LogP contribution in [-0.2, 0) is 11.3 Å². The Morgan fingerprint density at radius 3 is 2.74 bits per heavy atom. The number of hydrogen-bond donors (Lipinski definition) is 1. The Bertz CT molecular complexity index is 1060. The van der Waals surface area contributed by atoms with Crippen molar-refractivity contribution in [1.29, 1.82) is 0 Å². The molecule has 0 saturated carbocycles. The zero-order chi connectivity index (χ0) is 22.4. The molecule has 3 rings (SSSR count). The summed E-state index contributed by atoms with van der Waals surface area (Å²) in [6, 6.07) is 10.6. The summed E-state index contributed by atoms with van der Waals surface area (Å²) in [6.07, 6.45) is -0.735. The molecule has 7 nitrogen and oxygen atoms in total. The fourth-order valence-corrected chi connectivity index (χ4v) is 4.11. The normalized spacial score (nSPS) is 12.2. The van der Waals surface area contributed by atoms with E-state index in [0.717, 1.165) is 16.2 Å². The van der Waals surface area contributed by atoms with Crippen molar-refractivity contribution in [2.75, 3.05) is 33.2 Å². The van der Waals surface area contributed by atoms with E-state index in [9.17, 15) is 9.90 Å². The minimum atomic E-state index is -0.735. The molecule has 1 unspecified atom stereocenters. The third-order valence-electron chi connectivity index (χ3n) is 4.60. The molecule has 0 spiro atoms. The molecule has 1 aromatic heterocycles. The molecule has 0 amide bonds.